The van der Waals surface area contributed by atoms with Crippen LogP contribution in [-0.2, 0) is 6.42 Å². The summed E-state index contributed by atoms with van der Waals surface area (Å²) in [5.41, 5.74) is 6.52. The molecular formula is C23H24. The van der Waals surface area contributed by atoms with E-state index in [0.717, 1.165) is 6.42 Å². The third-order valence-electron chi connectivity index (χ3n) is 3.68. The van der Waals surface area contributed by atoms with Crippen LogP contribution < -0.4 is 0 Å². The van der Waals surface area contributed by atoms with Crippen LogP contribution >= 0.6 is 0 Å². The summed E-state index contributed by atoms with van der Waals surface area (Å²) in [7, 11) is 0. The number of rotatable bonds is 3. The summed E-state index contributed by atoms with van der Waals surface area (Å²) in [4.78, 5) is 0. The third-order valence-corrected chi connectivity index (χ3v) is 3.68. The first-order valence-corrected chi connectivity index (χ1v) is 7.96. The normalized spacial score (nSPS) is 9.65. The number of hydrogen-bond donors (Lipinski definition) is 0. The molecule has 3 rings (SSSR count). The minimum absolute atomic E-state index is 0.998. The van der Waals surface area contributed by atoms with Crippen LogP contribution in [0.4, 0.5) is 0 Å². The Morgan fingerprint density at radius 1 is 0.652 bits per heavy atom. The summed E-state index contributed by atoms with van der Waals surface area (Å²) in [6.45, 7) is 7.94. The van der Waals surface area contributed by atoms with Gasteiger partial charge in [-0.3, -0.25) is 0 Å². The molecule has 0 radical (unpaired) electrons. The van der Waals surface area contributed by atoms with Crippen LogP contribution in [0.25, 0.3) is 6.08 Å². The molecule has 0 aliphatic carbocycles. The number of benzene rings is 3. The second-order valence-corrected chi connectivity index (χ2v) is 5.76. The van der Waals surface area contributed by atoms with Crippen molar-refractivity contribution in [1.82, 2.24) is 0 Å². The van der Waals surface area contributed by atoms with E-state index in [0.29, 0.717) is 0 Å². The van der Waals surface area contributed by atoms with Gasteiger partial charge in [0.1, 0.15) is 0 Å². The Balaban J connectivity index is 0.000000203. The molecule has 0 saturated heterocycles. The minimum atomic E-state index is 0.998. The fraction of sp³-hybridized carbons (Fsp3) is 0.130. The quantitative estimate of drug-likeness (QED) is 0.538. The lowest BCUT2D eigenvalue weighted by atomic mass is 10.0. The summed E-state index contributed by atoms with van der Waals surface area (Å²) in [5, 5.41) is 0. The second kappa shape index (κ2) is 8.75. The van der Waals surface area contributed by atoms with Crippen molar-refractivity contribution in [3.63, 3.8) is 0 Å². The van der Waals surface area contributed by atoms with Crippen LogP contribution in [0.15, 0.2) is 85.4 Å². The van der Waals surface area contributed by atoms with Gasteiger partial charge in [0.25, 0.3) is 0 Å². The lowest BCUT2D eigenvalue weighted by Crippen LogP contribution is -1.87. The van der Waals surface area contributed by atoms with Gasteiger partial charge < -0.3 is 0 Å². The molecule has 0 aromatic heterocycles. The van der Waals surface area contributed by atoms with Crippen LogP contribution in [-0.4, -0.2) is 0 Å². The predicted octanol–water partition coefficient (Wildman–Crippen LogP) is 6.22. The van der Waals surface area contributed by atoms with Crippen molar-refractivity contribution in [1.29, 1.82) is 0 Å². The van der Waals surface area contributed by atoms with Gasteiger partial charge in [0, 0.05) is 0 Å². The Morgan fingerprint density at radius 3 is 1.61 bits per heavy atom. The fourth-order valence-corrected chi connectivity index (χ4v) is 2.24. The van der Waals surface area contributed by atoms with Gasteiger partial charge in [0.15, 0.2) is 0 Å². The first-order chi connectivity index (χ1) is 11.2. The molecule has 3 aromatic rings. The van der Waals surface area contributed by atoms with Gasteiger partial charge >= 0.3 is 0 Å². The van der Waals surface area contributed by atoms with Crippen LogP contribution in [0.1, 0.15) is 27.8 Å². The lowest BCUT2D eigenvalue weighted by molar-refractivity contribution is 1.19. The molecule has 0 heterocycles. The van der Waals surface area contributed by atoms with Crippen molar-refractivity contribution >= 4 is 6.08 Å². The maximum absolute atomic E-state index is 3.74. The molecule has 0 N–H and O–H groups in total. The smallest absolute Gasteiger partial charge is 0.00258 e. The maximum atomic E-state index is 3.74. The van der Waals surface area contributed by atoms with Crippen molar-refractivity contribution in [2.45, 2.75) is 20.3 Å². The standard InChI is InChI=1S/C15H14.C8H10/c1-2-13-8-10-15(11-9-13)12-14-6-4-3-5-7-14;1-7-3-5-8(2)6-4-7/h2-11H,1,12H2;3-6H,1-2H3. The summed E-state index contributed by atoms with van der Waals surface area (Å²) < 4.78 is 0. The monoisotopic (exact) mass is 300 g/mol. The van der Waals surface area contributed by atoms with E-state index in [1.807, 2.05) is 12.1 Å². The Hall–Kier alpha value is -2.60. The van der Waals surface area contributed by atoms with Gasteiger partial charge in [-0.1, -0.05) is 103 Å². The third kappa shape index (κ3) is 5.96. The SMILES string of the molecule is C=Cc1ccc(Cc2ccccc2)cc1.Cc1ccc(C)cc1. The molecule has 3 aromatic carbocycles. The molecule has 0 aliphatic rings. The van der Waals surface area contributed by atoms with E-state index in [1.54, 1.807) is 0 Å². The molecule has 0 bridgehead atoms. The van der Waals surface area contributed by atoms with E-state index >= 15 is 0 Å². The highest BCUT2D eigenvalue weighted by Gasteiger charge is 1.94. The molecule has 0 heteroatoms. The van der Waals surface area contributed by atoms with E-state index in [1.165, 1.54) is 27.8 Å². The van der Waals surface area contributed by atoms with Gasteiger partial charge in [-0.15, -0.1) is 0 Å². The summed E-state index contributed by atoms with van der Waals surface area (Å²) in [5.74, 6) is 0. The average Bonchev–Trinajstić information content (AvgIpc) is 2.60. The molecule has 0 spiro atoms. The molecule has 23 heavy (non-hydrogen) atoms. The van der Waals surface area contributed by atoms with Gasteiger partial charge in [-0.2, -0.15) is 0 Å². The lowest BCUT2D eigenvalue weighted by Gasteiger charge is -2.02. The van der Waals surface area contributed by atoms with Crippen molar-refractivity contribution in [3.8, 4) is 0 Å². The molecule has 0 atom stereocenters. The maximum Gasteiger partial charge on any atom is -0.00258 e. The summed E-state index contributed by atoms with van der Waals surface area (Å²) in [6.07, 6.45) is 2.87. The topological polar surface area (TPSA) is 0 Å². The van der Waals surface area contributed by atoms with Gasteiger partial charge in [-0.05, 0) is 37.0 Å². The zero-order valence-corrected chi connectivity index (χ0v) is 14.0. The highest BCUT2D eigenvalue weighted by Crippen LogP contribution is 2.11. The van der Waals surface area contributed by atoms with Gasteiger partial charge in [0.2, 0.25) is 0 Å². The van der Waals surface area contributed by atoms with Gasteiger partial charge in [-0.25, -0.2) is 0 Å². The zero-order chi connectivity index (χ0) is 16.5. The van der Waals surface area contributed by atoms with Crippen molar-refractivity contribution in [2.24, 2.45) is 0 Å². The van der Waals surface area contributed by atoms with E-state index in [-0.39, 0.29) is 0 Å². The van der Waals surface area contributed by atoms with Crippen molar-refractivity contribution in [3.05, 3.63) is 113 Å². The molecule has 116 valence electrons. The van der Waals surface area contributed by atoms with Gasteiger partial charge in [0.05, 0.1) is 0 Å². The number of hydrogen-bond acceptors (Lipinski definition) is 0. The molecule has 0 saturated carbocycles. The van der Waals surface area contributed by atoms with Crippen LogP contribution in [0.3, 0.4) is 0 Å². The molecule has 0 unspecified atom stereocenters. The Kier molecular flexibility index (Phi) is 6.38. The molecule has 0 nitrogen and oxygen atoms in total. The van der Waals surface area contributed by atoms with Crippen LogP contribution in [0.5, 0.6) is 0 Å². The zero-order valence-electron chi connectivity index (χ0n) is 14.0. The first kappa shape index (κ1) is 16.8. The first-order valence-electron chi connectivity index (χ1n) is 7.96. The average molecular weight is 300 g/mol. The number of aryl methyl sites for hydroxylation is 2. The van der Waals surface area contributed by atoms with Crippen molar-refractivity contribution < 1.29 is 0 Å². The largest absolute Gasteiger partial charge is 0.0985 e. The van der Waals surface area contributed by atoms with E-state index in [2.05, 4.69) is 93.2 Å². The van der Waals surface area contributed by atoms with E-state index in [9.17, 15) is 0 Å². The molecule has 0 amide bonds. The minimum Gasteiger partial charge on any atom is -0.0985 e. The van der Waals surface area contributed by atoms with Crippen molar-refractivity contribution in [2.75, 3.05) is 0 Å². The fourth-order valence-electron chi connectivity index (χ4n) is 2.24. The molecular weight excluding hydrogens is 276 g/mol. The predicted molar refractivity (Wildman–Crippen MR) is 102 cm³/mol. The van der Waals surface area contributed by atoms with E-state index < -0.39 is 0 Å². The Bertz CT molecular complexity index is 683. The summed E-state index contributed by atoms with van der Waals surface area (Å²) in [6, 6.07) is 27.5. The van der Waals surface area contributed by atoms with Crippen LogP contribution in [0, 0.1) is 13.8 Å². The molecule has 0 fully saturated rings. The van der Waals surface area contributed by atoms with E-state index in [4.69, 9.17) is 0 Å². The highest BCUT2D eigenvalue weighted by molar-refractivity contribution is 5.47. The second-order valence-electron chi connectivity index (χ2n) is 5.76. The Morgan fingerprint density at radius 2 is 1.13 bits per heavy atom. The van der Waals surface area contributed by atoms with Crippen LogP contribution in [0.2, 0.25) is 0 Å². The summed E-state index contributed by atoms with van der Waals surface area (Å²) >= 11 is 0. The highest BCUT2D eigenvalue weighted by atomic mass is 14.0. The Labute approximate surface area is 140 Å². The molecule has 0 aliphatic heterocycles.